The average molecular weight is 353 g/mol. The molecule has 8 heteroatoms. The molecule has 1 fully saturated rings. The quantitative estimate of drug-likeness (QED) is 0.666. The zero-order valence-electron chi connectivity index (χ0n) is 14.4. The summed E-state index contributed by atoms with van der Waals surface area (Å²) in [5.74, 6) is -0.0382. The first-order valence-electron chi connectivity index (χ1n) is 8.70. The van der Waals surface area contributed by atoms with Gasteiger partial charge in [-0.1, -0.05) is 0 Å². The van der Waals surface area contributed by atoms with Gasteiger partial charge in [-0.3, -0.25) is 14.9 Å². The van der Waals surface area contributed by atoms with E-state index in [1.165, 1.54) is 12.1 Å². The monoisotopic (exact) mass is 353 g/mol. The zero-order chi connectivity index (χ0) is 18.4. The first kappa shape index (κ1) is 16.4. The van der Waals surface area contributed by atoms with Crippen molar-refractivity contribution in [2.75, 3.05) is 11.4 Å². The number of hydrogen-bond donors (Lipinski definition) is 1. The fourth-order valence-electron chi connectivity index (χ4n) is 3.60. The molecule has 0 saturated carbocycles. The Kier molecular flexibility index (Phi) is 3.82. The van der Waals surface area contributed by atoms with E-state index in [-0.39, 0.29) is 11.3 Å². The van der Waals surface area contributed by atoms with E-state index in [2.05, 4.69) is 11.8 Å². The molecule has 2 aliphatic rings. The maximum absolute atomic E-state index is 11.6. The van der Waals surface area contributed by atoms with Crippen LogP contribution in [0.2, 0.25) is 0 Å². The Morgan fingerprint density at radius 1 is 1.31 bits per heavy atom. The van der Waals surface area contributed by atoms with Gasteiger partial charge in [-0.2, -0.15) is 0 Å². The third kappa shape index (κ3) is 2.67. The predicted molar refractivity (Wildman–Crippen MR) is 96.1 cm³/mol. The van der Waals surface area contributed by atoms with Gasteiger partial charge >= 0.3 is 0 Å². The minimum Gasteiger partial charge on any atom is -0.366 e. The molecule has 1 aliphatic carbocycles. The van der Waals surface area contributed by atoms with Crippen LogP contribution in [0, 0.1) is 10.1 Å². The van der Waals surface area contributed by atoms with Crippen molar-refractivity contribution in [3.63, 3.8) is 0 Å². The van der Waals surface area contributed by atoms with Crippen molar-refractivity contribution < 1.29 is 9.72 Å². The molecule has 0 bridgehead atoms. The van der Waals surface area contributed by atoms with Crippen molar-refractivity contribution in [2.45, 2.75) is 38.6 Å². The molecular formula is C18H19N5O3. The highest BCUT2D eigenvalue weighted by atomic mass is 16.6. The molecule has 2 heterocycles. The number of fused-ring (bicyclic) bond motifs is 1. The highest BCUT2D eigenvalue weighted by molar-refractivity contribution is 5.95. The van der Waals surface area contributed by atoms with Gasteiger partial charge in [-0.05, 0) is 38.7 Å². The van der Waals surface area contributed by atoms with Crippen molar-refractivity contribution in [3.8, 4) is 11.3 Å². The minimum atomic E-state index is -0.697. The van der Waals surface area contributed by atoms with Crippen LogP contribution in [0.15, 0.2) is 18.2 Å². The van der Waals surface area contributed by atoms with Gasteiger partial charge < -0.3 is 10.6 Å². The number of hydrogen-bond acceptors (Lipinski definition) is 6. The molecule has 2 aromatic rings. The maximum atomic E-state index is 11.6. The molecule has 1 aromatic heterocycles. The Morgan fingerprint density at radius 2 is 2.12 bits per heavy atom. The molecule has 1 atom stereocenters. The lowest BCUT2D eigenvalue weighted by Gasteiger charge is -2.39. The van der Waals surface area contributed by atoms with E-state index >= 15 is 0 Å². The van der Waals surface area contributed by atoms with Crippen LogP contribution in [0.5, 0.6) is 0 Å². The summed E-state index contributed by atoms with van der Waals surface area (Å²) in [5, 5.41) is 11.3. The number of nitrogens with zero attached hydrogens (tertiary/aromatic N) is 4. The standard InChI is InChI=1S/C18H19N5O3/c1-10-5-6-22(10)18-20-15-4-2-3-14(15)16(21-18)11-7-12(17(19)24)9-13(8-11)23(25)26/h7-10H,2-6H2,1H3,(H2,19,24)/t10-/m0/s1. The molecule has 1 amide bonds. The lowest BCUT2D eigenvalue weighted by atomic mass is 10.0. The molecule has 26 heavy (non-hydrogen) atoms. The number of carbonyl (C=O) groups is 1. The van der Waals surface area contributed by atoms with E-state index in [1.54, 1.807) is 6.07 Å². The fourth-order valence-corrected chi connectivity index (χ4v) is 3.60. The van der Waals surface area contributed by atoms with Crippen LogP contribution < -0.4 is 10.6 Å². The molecule has 1 aliphatic heterocycles. The summed E-state index contributed by atoms with van der Waals surface area (Å²) in [7, 11) is 0. The van der Waals surface area contributed by atoms with Gasteiger partial charge in [0.15, 0.2) is 0 Å². The third-order valence-electron chi connectivity index (χ3n) is 5.18. The molecule has 4 rings (SSSR count). The van der Waals surface area contributed by atoms with Crippen LogP contribution >= 0.6 is 0 Å². The summed E-state index contributed by atoms with van der Waals surface area (Å²) in [6.45, 7) is 3.03. The smallest absolute Gasteiger partial charge is 0.270 e. The number of aryl methyl sites for hydroxylation is 1. The van der Waals surface area contributed by atoms with Crippen LogP contribution in [0.3, 0.4) is 0 Å². The van der Waals surface area contributed by atoms with E-state index in [9.17, 15) is 14.9 Å². The van der Waals surface area contributed by atoms with Gasteiger partial charge in [0.2, 0.25) is 11.9 Å². The second-order valence-corrected chi connectivity index (χ2v) is 6.87. The largest absolute Gasteiger partial charge is 0.366 e. The van der Waals surface area contributed by atoms with E-state index in [4.69, 9.17) is 15.7 Å². The number of amides is 1. The number of carbonyl (C=O) groups excluding carboxylic acids is 1. The van der Waals surface area contributed by atoms with E-state index in [1.807, 2.05) is 0 Å². The van der Waals surface area contributed by atoms with Crippen LogP contribution in [0.1, 0.15) is 41.4 Å². The normalized spacial score (nSPS) is 18.3. The molecule has 0 radical (unpaired) electrons. The van der Waals surface area contributed by atoms with Gasteiger partial charge in [0.1, 0.15) is 0 Å². The number of nitro groups is 1. The van der Waals surface area contributed by atoms with Gasteiger partial charge in [0.05, 0.1) is 10.6 Å². The van der Waals surface area contributed by atoms with Gasteiger partial charge in [0, 0.05) is 47.1 Å². The van der Waals surface area contributed by atoms with Gasteiger partial charge in [-0.25, -0.2) is 9.97 Å². The second-order valence-electron chi connectivity index (χ2n) is 6.87. The van der Waals surface area contributed by atoms with Gasteiger partial charge in [0.25, 0.3) is 5.69 Å². The molecule has 0 spiro atoms. The van der Waals surface area contributed by atoms with Crippen LogP contribution in [0.25, 0.3) is 11.3 Å². The van der Waals surface area contributed by atoms with E-state index < -0.39 is 10.8 Å². The maximum Gasteiger partial charge on any atom is 0.270 e. The molecule has 8 nitrogen and oxygen atoms in total. The first-order chi connectivity index (χ1) is 12.4. The minimum absolute atomic E-state index is 0.110. The Balaban J connectivity index is 1.89. The lowest BCUT2D eigenvalue weighted by Crippen LogP contribution is -2.46. The number of primary amides is 1. The summed E-state index contributed by atoms with van der Waals surface area (Å²) in [4.78, 5) is 34.0. The van der Waals surface area contributed by atoms with Crippen LogP contribution in [0.4, 0.5) is 11.6 Å². The van der Waals surface area contributed by atoms with Crippen molar-refractivity contribution in [2.24, 2.45) is 5.73 Å². The van der Waals surface area contributed by atoms with Gasteiger partial charge in [-0.15, -0.1) is 0 Å². The van der Waals surface area contributed by atoms with E-state index in [0.29, 0.717) is 23.2 Å². The number of anilines is 1. The Bertz CT molecular complexity index is 895. The molecular weight excluding hydrogens is 334 g/mol. The summed E-state index contributed by atoms with van der Waals surface area (Å²) in [6, 6.07) is 4.62. The van der Waals surface area contributed by atoms with Crippen LogP contribution in [-0.4, -0.2) is 33.4 Å². The SMILES string of the molecule is C[C@H]1CCN1c1nc2c(c(-c3cc(C(N)=O)cc([N+](=O)[O-])c3)n1)CCC2. The van der Waals surface area contributed by atoms with Crippen molar-refractivity contribution in [1.82, 2.24) is 9.97 Å². The first-order valence-corrected chi connectivity index (χ1v) is 8.70. The highest BCUT2D eigenvalue weighted by Gasteiger charge is 2.29. The average Bonchev–Trinajstić information content (AvgIpc) is 3.07. The summed E-state index contributed by atoms with van der Waals surface area (Å²) in [5.41, 5.74) is 8.54. The predicted octanol–water partition coefficient (Wildman–Crippen LogP) is 2.24. The molecule has 2 N–H and O–H groups in total. The van der Waals surface area contributed by atoms with E-state index in [0.717, 1.165) is 43.5 Å². The topological polar surface area (TPSA) is 115 Å². The number of nitro benzene ring substituents is 1. The number of rotatable bonds is 4. The molecule has 1 saturated heterocycles. The number of nitrogens with two attached hydrogens (primary N) is 1. The Hall–Kier alpha value is -3.03. The Morgan fingerprint density at radius 3 is 2.73 bits per heavy atom. The number of non-ortho nitro benzene ring substituents is 1. The van der Waals surface area contributed by atoms with Crippen molar-refractivity contribution >= 4 is 17.5 Å². The zero-order valence-corrected chi connectivity index (χ0v) is 14.4. The molecule has 134 valence electrons. The van der Waals surface area contributed by atoms with Crippen molar-refractivity contribution in [3.05, 3.63) is 45.1 Å². The van der Waals surface area contributed by atoms with Crippen molar-refractivity contribution in [1.29, 1.82) is 0 Å². The summed E-state index contributed by atoms with van der Waals surface area (Å²) >= 11 is 0. The molecule has 0 unspecified atom stereocenters. The van der Waals surface area contributed by atoms with Crippen LogP contribution in [-0.2, 0) is 12.8 Å². The Labute approximate surface area is 150 Å². The summed E-state index contributed by atoms with van der Waals surface area (Å²) in [6.07, 6.45) is 3.78. The molecule has 1 aromatic carbocycles. The lowest BCUT2D eigenvalue weighted by molar-refractivity contribution is -0.384. The summed E-state index contributed by atoms with van der Waals surface area (Å²) < 4.78 is 0. The second kappa shape index (κ2) is 6.05. The fraction of sp³-hybridized carbons (Fsp3) is 0.389. The third-order valence-corrected chi connectivity index (χ3v) is 5.18. The number of aromatic nitrogens is 2. The highest BCUT2D eigenvalue weighted by Crippen LogP contribution is 2.35. The number of benzene rings is 1.